The van der Waals surface area contributed by atoms with Crippen LogP contribution in [0.3, 0.4) is 0 Å². The zero-order valence-electron chi connectivity index (χ0n) is 29.0. The summed E-state index contributed by atoms with van der Waals surface area (Å²) in [5.74, 6) is -0.843. The van der Waals surface area contributed by atoms with Crippen LogP contribution < -0.4 is 16.0 Å². The third-order valence-corrected chi connectivity index (χ3v) is 11.3. The number of hydrogen-bond acceptors (Lipinski definition) is 8. The van der Waals surface area contributed by atoms with Gasteiger partial charge in [-0.1, -0.05) is 45.0 Å². The third-order valence-electron chi connectivity index (χ3n) is 10.3. The van der Waals surface area contributed by atoms with E-state index in [0.717, 1.165) is 60.7 Å². The van der Waals surface area contributed by atoms with Crippen molar-refractivity contribution < 1.29 is 24.3 Å². The maximum absolute atomic E-state index is 13.9. The summed E-state index contributed by atoms with van der Waals surface area (Å²) in [5.41, 5.74) is 4.53. The fourth-order valence-corrected chi connectivity index (χ4v) is 7.84. The average molecular weight is 681 g/mol. The number of aliphatic hydroxyl groups is 1. The molecule has 0 aliphatic carbocycles. The lowest BCUT2D eigenvalue weighted by Crippen LogP contribution is -2.58. The predicted octanol–water partition coefficient (Wildman–Crippen LogP) is 3.56. The Kier molecular flexibility index (Phi) is 11.3. The van der Waals surface area contributed by atoms with Gasteiger partial charge in [0.15, 0.2) is 0 Å². The van der Waals surface area contributed by atoms with Gasteiger partial charge in [-0.3, -0.25) is 19.2 Å². The molecule has 11 nitrogen and oxygen atoms in total. The molecule has 4 N–H and O–H groups in total. The van der Waals surface area contributed by atoms with E-state index < -0.39 is 23.6 Å². The van der Waals surface area contributed by atoms with Crippen LogP contribution in [0.15, 0.2) is 29.8 Å². The first-order chi connectivity index (χ1) is 22.8. The standard InChI is InChI=1S/C36H52N6O5S/c1-23(25-10-12-26(13-11-25)31-24(2)38-22-48-31)39-33(46)28-18-27(43)19-42(28)34(47)32(35(3,4)5)40-29(44)8-6-7-9-30(45)41-16-14-36(15-17-41)20-37-21-36/h10-13,22-23,27-28,32,37,43H,6-9,14-21H2,1-5H3,(H,39,46)(H,40,44)/t23-,27+,28-,32+/m0/s1. The van der Waals surface area contributed by atoms with Crippen molar-refractivity contribution in [2.75, 3.05) is 32.7 Å². The first-order valence-corrected chi connectivity index (χ1v) is 18.2. The van der Waals surface area contributed by atoms with Crippen molar-refractivity contribution in [2.24, 2.45) is 10.8 Å². The third kappa shape index (κ3) is 8.44. The smallest absolute Gasteiger partial charge is 0.246 e. The molecule has 5 rings (SSSR count). The maximum Gasteiger partial charge on any atom is 0.246 e. The fraction of sp³-hybridized carbons (Fsp3) is 0.639. The zero-order chi connectivity index (χ0) is 34.6. The second kappa shape index (κ2) is 15.0. The van der Waals surface area contributed by atoms with Crippen LogP contribution in [0.2, 0.25) is 0 Å². The van der Waals surface area contributed by atoms with Crippen molar-refractivity contribution in [3.63, 3.8) is 0 Å². The monoisotopic (exact) mass is 680 g/mol. The van der Waals surface area contributed by atoms with E-state index in [0.29, 0.717) is 24.7 Å². The topological polar surface area (TPSA) is 144 Å². The minimum Gasteiger partial charge on any atom is -0.391 e. The number of rotatable bonds is 11. The summed E-state index contributed by atoms with van der Waals surface area (Å²) >= 11 is 1.58. The molecule has 3 fully saturated rings. The molecule has 1 aromatic carbocycles. The number of likely N-dealkylation sites (tertiary alicyclic amines) is 2. The number of aryl methyl sites for hydroxylation is 1. The Morgan fingerprint density at radius 2 is 1.73 bits per heavy atom. The van der Waals surface area contributed by atoms with Gasteiger partial charge in [-0.05, 0) is 61.5 Å². The lowest BCUT2D eigenvalue weighted by Gasteiger charge is -2.48. The van der Waals surface area contributed by atoms with E-state index in [2.05, 4.69) is 20.9 Å². The molecule has 2 aromatic rings. The molecule has 4 atom stereocenters. The molecular formula is C36H52N6O5S. The number of unbranched alkanes of at least 4 members (excludes halogenated alkanes) is 1. The quantitative estimate of drug-likeness (QED) is 0.266. The van der Waals surface area contributed by atoms with E-state index in [4.69, 9.17) is 0 Å². The molecule has 1 spiro atoms. The SMILES string of the molecule is Cc1ncsc1-c1ccc([C@H](C)NC(=O)[C@@H]2C[C@@H](O)CN2C(=O)[C@@H](NC(=O)CCCCC(=O)N2CCC3(CC2)CNC3)C(C)(C)C)cc1. The van der Waals surface area contributed by atoms with Gasteiger partial charge in [-0.2, -0.15) is 0 Å². The summed E-state index contributed by atoms with van der Waals surface area (Å²) in [6.45, 7) is 13.2. The highest BCUT2D eigenvalue weighted by Gasteiger charge is 2.45. The number of nitrogens with one attached hydrogen (secondary N) is 3. The Balaban J connectivity index is 1.12. The largest absolute Gasteiger partial charge is 0.391 e. The molecular weight excluding hydrogens is 628 g/mol. The van der Waals surface area contributed by atoms with Crippen molar-refractivity contribution in [3.05, 3.63) is 41.0 Å². The highest BCUT2D eigenvalue weighted by Crippen LogP contribution is 2.35. The summed E-state index contributed by atoms with van der Waals surface area (Å²) in [5, 5.41) is 19.8. The molecule has 4 amide bonds. The number of amides is 4. The number of β-amino-alcohol motifs (C(OH)–C–C–N with tert-alkyl or cyclic N) is 1. The second-order valence-corrected chi connectivity index (χ2v) is 15.9. The van der Waals surface area contributed by atoms with Crippen LogP contribution >= 0.6 is 11.3 Å². The number of piperidine rings is 1. The van der Waals surface area contributed by atoms with E-state index >= 15 is 0 Å². The molecule has 3 aliphatic rings. The average Bonchev–Trinajstić information content (AvgIpc) is 3.65. The number of nitrogens with zero attached hydrogens (tertiary/aromatic N) is 3. The number of thiazole rings is 1. The van der Waals surface area contributed by atoms with Crippen molar-refractivity contribution in [1.29, 1.82) is 0 Å². The number of hydrogen-bond donors (Lipinski definition) is 4. The Morgan fingerprint density at radius 1 is 1.06 bits per heavy atom. The van der Waals surface area contributed by atoms with Crippen molar-refractivity contribution in [1.82, 2.24) is 30.7 Å². The lowest BCUT2D eigenvalue weighted by atomic mass is 9.73. The Morgan fingerprint density at radius 3 is 2.31 bits per heavy atom. The van der Waals surface area contributed by atoms with E-state index in [1.54, 1.807) is 11.3 Å². The van der Waals surface area contributed by atoms with Gasteiger partial charge >= 0.3 is 0 Å². The van der Waals surface area contributed by atoms with Crippen LogP contribution in [-0.4, -0.2) is 94.4 Å². The van der Waals surface area contributed by atoms with Gasteiger partial charge in [0, 0.05) is 52.0 Å². The summed E-state index contributed by atoms with van der Waals surface area (Å²) < 4.78 is 0. The van der Waals surface area contributed by atoms with E-state index in [-0.39, 0.29) is 49.1 Å². The molecule has 0 saturated carbocycles. The molecule has 0 bridgehead atoms. The summed E-state index contributed by atoms with van der Waals surface area (Å²) in [6.07, 6.45) is 3.15. The fourth-order valence-electron chi connectivity index (χ4n) is 7.03. The number of carbonyl (C=O) groups is 4. The molecule has 3 aliphatic heterocycles. The first kappa shape index (κ1) is 35.9. The normalized spacial score (nSPS) is 21.8. The Bertz CT molecular complexity index is 1460. The van der Waals surface area contributed by atoms with Gasteiger partial charge < -0.3 is 30.9 Å². The van der Waals surface area contributed by atoms with Crippen LogP contribution in [0.1, 0.15) is 89.9 Å². The van der Waals surface area contributed by atoms with Crippen LogP contribution in [0.4, 0.5) is 0 Å². The molecule has 262 valence electrons. The molecule has 0 unspecified atom stereocenters. The van der Waals surface area contributed by atoms with Crippen LogP contribution in [0.25, 0.3) is 10.4 Å². The molecule has 12 heteroatoms. The highest BCUT2D eigenvalue weighted by molar-refractivity contribution is 7.13. The Hall–Kier alpha value is -3.35. The first-order valence-electron chi connectivity index (χ1n) is 17.3. The number of carbonyl (C=O) groups excluding carboxylic acids is 4. The van der Waals surface area contributed by atoms with Gasteiger partial charge in [0.1, 0.15) is 12.1 Å². The number of aliphatic hydroxyl groups excluding tert-OH is 1. The van der Waals surface area contributed by atoms with Gasteiger partial charge in [0.05, 0.1) is 28.2 Å². The highest BCUT2D eigenvalue weighted by atomic mass is 32.1. The lowest BCUT2D eigenvalue weighted by molar-refractivity contribution is -0.144. The maximum atomic E-state index is 13.9. The zero-order valence-corrected chi connectivity index (χ0v) is 29.8. The molecule has 48 heavy (non-hydrogen) atoms. The molecule has 4 heterocycles. The number of aromatic nitrogens is 1. The molecule has 3 saturated heterocycles. The summed E-state index contributed by atoms with van der Waals surface area (Å²) in [7, 11) is 0. The Labute approximate surface area is 288 Å². The predicted molar refractivity (Wildman–Crippen MR) is 186 cm³/mol. The minimum absolute atomic E-state index is 0.0207. The summed E-state index contributed by atoms with van der Waals surface area (Å²) in [4.78, 5) is 62.1. The minimum atomic E-state index is -0.880. The molecule has 0 radical (unpaired) electrons. The van der Waals surface area contributed by atoms with Crippen molar-refractivity contribution >= 4 is 35.0 Å². The van der Waals surface area contributed by atoms with E-state index in [9.17, 15) is 24.3 Å². The van der Waals surface area contributed by atoms with Gasteiger partial charge in [-0.15, -0.1) is 11.3 Å². The summed E-state index contributed by atoms with van der Waals surface area (Å²) in [6, 6.07) is 5.92. The second-order valence-electron chi connectivity index (χ2n) is 15.1. The molecule has 1 aromatic heterocycles. The van der Waals surface area contributed by atoms with Gasteiger partial charge in [0.2, 0.25) is 23.6 Å². The van der Waals surface area contributed by atoms with E-state index in [1.807, 2.05) is 69.3 Å². The van der Waals surface area contributed by atoms with Crippen LogP contribution in [0, 0.1) is 17.8 Å². The van der Waals surface area contributed by atoms with Crippen LogP contribution in [-0.2, 0) is 19.2 Å². The van der Waals surface area contributed by atoms with E-state index in [1.165, 1.54) is 4.90 Å². The van der Waals surface area contributed by atoms with Gasteiger partial charge in [-0.25, -0.2) is 4.98 Å². The van der Waals surface area contributed by atoms with Crippen LogP contribution in [0.5, 0.6) is 0 Å². The number of benzene rings is 1. The van der Waals surface area contributed by atoms with Crippen molar-refractivity contribution in [3.8, 4) is 10.4 Å². The van der Waals surface area contributed by atoms with Gasteiger partial charge in [0.25, 0.3) is 0 Å². The van der Waals surface area contributed by atoms with Crippen molar-refractivity contribution in [2.45, 2.75) is 104 Å².